The predicted octanol–water partition coefficient (Wildman–Crippen LogP) is 4.37. The quantitative estimate of drug-likeness (QED) is 0.822. The molecule has 4 atom stereocenters. The van der Waals surface area contributed by atoms with Crippen molar-refractivity contribution in [3.63, 3.8) is 0 Å². The number of nitriles is 1. The summed E-state index contributed by atoms with van der Waals surface area (Å²) in [6.45, 7) is 0. The lowest BCUT2D eigenvalue weighted by Crippen LogP contribution is -2.39. The van der Waals surface area contributed by atoms with E-state index in [1.165, 1.54) is 12.1 Å². The van der Waals surface area contributed by atoms with E-state index < -0.39 is 17.9 Å². The third kappa shape index (κ3) is 2.82. The lowest BCUT2D eigenvalue weighted by atomic mass is 9.75. The molecule has 2 N–H and O–H groups in total. The summed E-state index contributed by atoms with van der Waals surface area (Å²) < 4.78 is 34.7. The van der Waals surface area contributed by atoms with Crippen LogP contribution in [-0.2, 0) is 6.42 Å². The van der Waals surface area contributed by atoms with Gasteiger partial charge < -0.3 is 14.9 Å². The highest BCUT2D eigenvalue weighted by atomic mass is 19.3. The number of allylic oxidation sites excluding steroid dienone is 2. The molecular formula is C20H19F2NO3. The summed E-state index contributed by atoms with van der Waals surface area (Å²) in [5, 5.41) is 28.6. The molecule has 0 radical (unpaired) electrons. The van der Waals surface area contributed by atoms with Crippen LogP contribution in [0.1, 0.15) is 36.3 Å². The summed E-state index contributed by atoms with van der Waals surface area (Å²) >= 11 is 0. The van der Waals surface area contributed by atoms with Gasteiger partial charge in [-0.2, -0.15) is 5.26 Å². The van der Waals surface area contributed by atoms with Crippen LogP contribution < -0.4 is 4.74 Å². The molecule has 1 saturated carbocycles. The van der Waals surface area contributed by atoms with Crippen molar-refractivity contribution in [2.24, 2.45) is 11.8 Å². The fourth-order valence-electron chi connectivity index (χ4n) is 4.56. The van der Waals surface area contributed by atoms with Crippen LogP contribution in [-0.4, -0.2) is 22.2 Å². The largest absolute Gasteiger partial charge is 0.508 e. The SMILES string of the molecule is N#CCc1cc(O)cc2c1O[C@@H](C1C=CC(O)=CC1)[C@H]1CC(F)(F)C[C@@H]21. The molecule has 4 rings (SSSR count). The first kappa shape index (κ1) is 16.9. The summed E-state index contributed by atoms with van der Waals surface area (Å²) in [5.74, 6) is -3.11. The number of alkyl halides is 2. The number of halogens is 2. The van der Waals surface area contributed by atoms with Crippen LogP contribution in [0.4, 0.5) is 8.78 Å². The van der Waals surface area contributed by atoms with Crippen LogP contribution in [0.3, 0.4) is 0 Å². The molecule has 0 saturated heterocycles. The minimum Gasteiger partial charge on any atom is -0.508 e. The van der Waals surface area contributed by atoms with Crippen molar-refractivity contribution < 1.29 is 23.7 Å². The number of aromatic hydroxyl groups is 1. The lowest BCUT2D eigenvalue weighted by Gasteiger charge is -2.40. The first-order chi connectivity index (χ1) is 12.4. The molecule has 1 aromatic carbocycles. The maximum absolute atomic E-state index is 14.3. The van der Waals surface area contributed by atoms with E-state index in [4.69, 9.17) is 10.00 Å². The van der Waals surface area contributed by atoms with Gasteiger partial charge >= 0.3 is 0 Å². The maximum Gasteiger partial charge on any atom is 0.249 e. The van der Waals surface area contributed by atoms with Gasteiger partial charge in [0.25, 0.3) is 0 Å². The summed E-state index contributed by atoms with van der Waals surface area (Å²) in [4.78, 5) is 0. The minimum atomic E-state index is -2.78. The summed E-state index contributed by atoms with van der Waals surface area (Å²) in [7, 11) is 0. The molecule has 0 spiro atoms. The van der Waals surface area contributed by atoms with Crippen LogP contribution in [0.15, 0.2) is 36.1 Å². The highest BCUT2D eigenvalue weighted by Gasteiger charge is 2.54. The van der Waals surface area contributed by atoms with Crippen molar-refractivity contribution >= 4 is 0 Å². The van der Waals surface area contributed by atoms with Crippen molar-refractivity contribution in [3.8, 4) is 17.6 Å². The Morgan fingerprint density at radius 2 is 2.08 bits per heavy atom. The molecule has 1 heterocycles. The number of aliphatic hydroxyl groups excluding tert-OH is 1. The second-order valence-corrected chi connectivity index (χ2v) is 7.36. The Morgan fingerprint density at radius 3 is 2.77 bits per heavy atom. The topological polar surface area (TPSA) is 73.5 Å². The molecule has 0 amide bonds. The van der Waals surface area contributed by atoms with E-state index >= 15 is 0 Å². The van der Waals surface area contributed by atoms with Gasteiger partial charge in [-0.05, 0) is 36.6 Å². The molecule has 1 aliphatic heterocycles. The van der Waals surface area contributed by atoms with Crippen LogP contribution in [0.5, 0.6) is 11.5 Å². The Labute approximate surface area is 150 Å². The number of nitrogens with zero attached hydrogens (tertiary/aromatic N) is 1. The van der Waals surface area contributed by atoms with E-state index in [9.17, 15) is 19.0 Å². The van der Waals surface area contributed by atoms with E-state index in [0.717, 1.165) is 0 Å². The van der Waals surface area contributed by atoms with Crippen molar-refractivity contribution in [2.45, 2.75) is 43.6 Å². The first-order valence-electron chi connectivity index (χ1n) is 8.72. The zero-order chi connectivity index (χ0) is 18.5. The van der Waals surface area contributed by atoms with Gasteiger partial charge in [0.15, 0.2) is 0 Å². The third-order valence-electron chi connectivity index (χ3n) is 5.63. The van der Waals surface area contributed by atoms with E-state index in [-0.39, 0.29) is 42.6 Å². The molecule has 1 fully saturated rings. The van der Waals surface area contributed by atoms with Gasteiger partial charge in [-0.3, -0.25) is 0 Å². The molecule has 3 aliphatic rings. The van der Waals surface area contributed by atoms with Crippen molar-refractivity contribution in [1.29, 1.82) is 5.26 Å². The molecule has 1 aromatic rings. The van der Waals surface area contributed by atoms with Crippen LogP contribution in [0, 0.1) is 23.2 Å². The Morgan fingerprint density at radius 1 is 1.27 bits per heavy atom. The lowest BCUT2D eigenvalue weighted by molar-refractivity contribution is -0.00590. The van der Waals surface area contributed by atoms with Gasteiger partial charge in [0.05, 0.1) is 12.5 Å². The number of aliphatic hydroxyl groups is 1. The molecule has 2 aliphatic carbocycles. The molecule has 0 aromatic heterocycles. The zero-order valence-electron chi connectivity index (χ0n) is 14.0. The number of fused-ring (bicyclic) bond motifs is 3. The predicted molar refractivity (Wildman–Crippen MR) is 90.2 cm³/mol. The first-order valence-corrected chi connectivity index (χ1v) is 8.72. The van der Waals surface area contributed by atoms with Gasteiger partial charge in [-0.15, -0.1) is 0 Å². The van der Waals surface area contributed by atoms with Gasteiger partial charge in [0.2, 0.25) is 5.92 Å². The minimum absolute atomic E-state index is 0.0320. The molecule has 0 bridgehead atoms. The number of phenols is 1. The highest BCUT2D eigenvalue weighted by Crippen LogP contribution is 2.57. The summed E-state index contributed by atoms with van der Waals surface area (Å²) in [6.07, 6.45) is 4.61. The number of ether oxygens (including phenoxy) is 1. The van der Waals surface area contributed by atoms with Crippen LogP contribution >= 0.6 is 0 Å². The van der Waals surface area contributed by atoms with E-state index in [2.05, 4.69) is 0 Å². The second-order valence-electron chi connectivity index (χ2n) is 7.36. The van der Waals surface area contributed by atoms with Crippen molar-refractivity contribution in [3.05, 3.63) is 47.2 Å². The number of phenolic OH excluding ortho intramolecular Hbond substituents is 1. The van der Waals surface area contributed by atoms with Gasteiger partial charge in [-0.25, -0.2) is 8.78 Å². The smallest absolute Gasteiger partial charge is 0.249 e. The summed E-state index contributed by atoms with van der Waals surface area (Å²) in [5.41, 5.74) is 1.10. The molecule has 1 unspecified atom stereocenters. The average Bonchev–Trinajstić information content (AvgIpc) is 2.91. The van der Waals surface area contributed by atoms with Crippen molar-refractivity contribution in [2.75, 3.05) is 0 Å². The Kier molecular flexibility index (Phi) is 3.91. The Bertz CT molecular complexity index is 840. The number of rotatable bonds is 2. The van der Waals surface area contributed by atoms with Crippen LogP contribution in [0.2, 0.25) is 0 Å². The molecule has 136 valence electrons. The standard InChI is InChI=1S/C20H19F2NO3/c21-20(22)9-16-15-8-14(25)7-12(5-6-23)19(15)26-18(17(16)10-20)11-1-3-13(24)4-2-11/h1,3-4,7-8,11,16-18,24-25H,2,5,9-10H2/t11?,16-,17-,18-/m0/s1. The van der Waals surface area contributed by atoms with Crippen LogP contribution in [0.25, 0.3) is 0 Å². The fourth-order valence-corrected chi connectivity index (χ4v) is 4.56. The molecule has 26 heavy (non-hydrogen) atoms. The van der Waals surface area contributed by atoms with Crippen molar-refractivity contribution in [1.82, 2.24) is 0 Å². The monoisotopic (exact) mass is 359 g/mol. The number of hydrogen-bond donors (Lipinski definition) is 2. The Balaban J connectivity index is 1.78. The van der Waals surface area contributed by atoms with Gasteiger partial charge in [-0.1, -0.05) is 6.08 Å². The van der Waals surface area contributed by atoms with Gasteiger partial charge in [0, 0.05) is 35.8 Å². The molecule has 4 nitrogen and oxygen atoms in total. The normalized spacial score (nSPS) is 31.3. The highest BCUT2D eigenvalue weighted by molar-refractivity contribution is 5.52. The zero-order valence-corrected chi connectivity index (χ0v) is 14.0. The van der Waals surface area contributed by atoms with E-state index in [0.29, 0.717) is 23.3 Å². The second kappa shape index (κ2) is 6.01. The maximum atomic E-state index is 14.3. The average molecular weight is 359 g/mol. The fraction of sp³-hybridized carbons (Fsp3) is 0.450. The van der Waals surface area contributed by atoms with E-state index in [1.807, 2.05) is 12.1 Å². The van der Waals surface area contributed by atoms with E-state index in [1.54, 1.807) is 12.2 Å². The number of benzene rings is 1. The van der Waals surface area contributed by atoms with Gasteiger partial charge in [0.1, 0.15) is 23.4 Å². The third-order valence-corrected chi connectivity index (χ3v) is 5.63. The summed E-state index contributed by atoms with van der Waals surface area (Å²) in [6, 6.07) is 5.00. The molecule has 6 heteroatoms. The Hall–Kier alpha value is -2.55. The molecular weight excluding hydrogens is 340 g/mol. The number of hydrogen-bond acceptors (Lipinski definition) is 4.